The van der Waals surface area contributed by atoms with Crippen LogP contribution in [0.5, 0.6) is 0 Å². The van der Waals surface area contributed by atoms with Crippen molar-refractivity contribution in [2.24, 2.45) is 0 Å². The van der Waals surface area contributed by atoms with Gasteiger partial charge in [-0.15, -0.1) is 0 Å². The van der Waals surface area contributed by atoms with Crippen molar-refractivity contribution in [3.05, 3.63) is 60.2 Å². The van der Waals surface area contributed by atoms with Gasteiger partial charge in [0, 0.05) is 19.7 Å². The molecule has 3 rings (SSSR count). The molecule has 0 bridgehead atoms. The number of ether oxygens (including phenoxy) is 1. The van der Waals surface area contributed by atoms with Crippen LogP contribution in [0.4, 0.5) is 0 Å². The summed E-state index contributed by atoms with van der Waals surface area (Å²) < 4.78 is 5.78. The molecule has 1 aliphatic heterocycles. The number of aliphatic hydroxyl groups excluding tert-OH is 4. The molecule has 2 aromatic carbocycles. The molecule has 1 aliphatic rings. The van der Waals surface area contributed by atoms with Gasteiger partial charge in [-0.1, -0.05) is 54.6 Å². The highest BCUT2D eigenvalue weighted by atomic mass is 16.5. The largest absolute Gasteiger partial charge is 0.389 e. The van der Waals surface area contributed by atoms with E-state index >= 15 is 0 Å². The van der Waals surface area contributed by atoms with Gasteiger partial charge < -0.3 is 25.2 Å². The molecule has 0 aromatic heterocycles. The lowest BCUT2D eigenvalue weighted by Crippen LogP contribution is -2.43. The molecule has 2 aromatic rings. The topological polar surface area (TPSA) is 93.4 Å². The number of nitrogens with zero attached hydrogens (tertiary/aromatic N) is 1. The third-order valence-electron chi connectivity index (χ3n) is 5.62. The molecule has 164 valence electrons. The van der Waals surface area contributed by atoms with Crippen LogP contribution in [0, 0.1) is 0 Å². The zero-order valence-corrected chi connectivity index (χ0v) is 17.3. The Morgan fingerprint density at radius 1 is 0.733 bits per heavy atom. The van der Waals surface area contributed by atoms with Crippen LogP contribution in [0.2, 0.25) is 0 Å². The van der Waals surface area contributed by atoms with Crippen LogP contribution >= 0.6 is 0 Å². The van der Waals surface area contributed by atoms with Gasteiger partial charge in [0.2, 0.25) is 0 Å². The van der Waals surface area contributed by atoms with Crippen molar-refractivity contribution in [3.63, 3.8) is 0 Å². The van der Waals surface area contributed by atoms with Gasteiger partial charge in [0.1, 0.15) is 12.2 Å². The summed E-state index contributed by atoms with van der Waals surface area (Å²) in [5.74, 6) is 0. The molecule has 0 aliphatic carbocycles. The maximum atomic E-state index is 9.90. The molecule has 30 heavy (non-hydrogen) atoms. The summed E-state index contributed by atoms with van der Waals surface area (Å²) in [6.07, 6.45) is -1.89. The Labute approximate surface area is 178 Å². The summed E-state index contributed by atoms with van der Waals surface area (Å²) in [6, 6.07) is 18.7. The minimum atomic E-state index is -1.31. The Balaban J connectivity index is 1.29. The molecule has 4 atom stereocenters. The molecule has 1 fully saturated rings. The molecule has 0 radical (unpaired) electrons. The van der Waals surface area contributed by atoms with Gasteiger partial charge in [-0.05, 0) is 42.5 Å². The van der Waals surface area contributed by atoms with E-state index in [0.717, 1.165) is 24.8 Å². The van der Waals surface area contributed by atoms with Crippen LogP contribution in [0.15, 0.2) is 54.6 Å². The Bertz CT molecular complexity index is 723. The summed E-state index contributed by atoms with van der Waals surface area (Å²) in [4.78, 5) is 1.89. The summed E-state index contributed by atoms with van der Waals surface area (Å²) in [6.45, 7) is 2.49. The van der Waals surface area contributed by atoms with Crippen molar-refractivity contribution in [3.8, 4) is 11.1 Å². The summed E-state index contributed by atoms with van der Waals surface area (Å²) in [5.41, 5.74) is 3.56. The normalized spacial score (nSPS) is 25.2. The lowest BCUT2D eigenvalue weighted by Gasteiger charge is -2.23. The van der Waals surface area contributed by atoms with Gasteiger partial charge >= 0.3 is 0 Å². The second-order valence-corrected chi connectivity index (χ2v) is 8.05. The monoisotopic (exact) mass is 415 g/mol. The van der Waals surface area contributed by atoms with E-state index < -0.39 is 24.4 Å². The molecule has 1 saturated heterocycles. The van der Waals surface area contributed by atoms with Gasteiger partial charge in [0.25, 0.3) is 0 Å². The van der Waals surface area contributed by atoms with Crippen molar-refractivity contribution in [2.45, 2.75) is 50.3 Å². The highest BCUT2D eigenvalue weighted by Gasteiger charge is 2.35. The Hall–Kier alpha value is -1.80. The lowest BCUT2D eigenvalue weighted by molar-refractivity contribution is -0.0894. The summed E-state index contributed by atoms with van der Waals surface area (Å²) in [5, 5.41) is 39.3. The van der Waals surface area contributed by atoms with E-state index in [0.29, 0.717) is 19.8 Å². The van der Waals surface area contributed by atoms with Gasteiger partial charge in [0.15, 0.2) is 0 Å². The molecule has 6 heteroatoms. The van der Waals surface area contributed by atoms with E-state index in [1.165, 1.54) is 11.1 Å². The molecule has 0 saturated carbocycles. The second-order valence-electron chi connectivity index (χ2n) is 8.05. The van der Waals surface area contributed by atoms with Crippen LogP contribution < -0.4 is 0 Å². The van der Waals surface area contributed by atoms with Crippen molar-refractivity contribution in [1.29, 1.82) is 0 Å². The SMILES string of the molecule is O[C@H]1[C@H](O)[C@@H](O)CN(CCCCCOCc2ccc(-c3ccccc3)cc2)C[C@@H]1O. The highest BCUT2D eigenvalue weighted by molar-refractivity contribution is 5.63. The first kappa shape index (κ1) is 22.9. The van der Waals surface area contributed by atoms with E-state index in [1.54, 1.807) is 0 Å². The molecule has 4 N–H and O–H groups in total. The fourth-order valence-corrected chi connectivity index (χ4v) is 3.79. The van der Waals surface area contributed by atoms with Crippen LogP contribution in [0.25, 0.3) is 11.1 Å². The van der Waals surface area contributed by atoms with Gasteiger partial charge in [0.05, 0.1) is 18.8 Å². The Morgan fingerprint density at radius 3 is 1.97 bits per heavy atom. The molecule has 6 nitrogen and oxygen atoms in total. The van der Waals surface area contributed by atoms with E-state index in [-0.39, 0.29) is 13.1 Å². The fraction of sp³-hybridized carbons (Fsp3) is 0.500. The van der Waals surface area contributed by atoms with E-state index in [9.17, 15) is 20.4 Å². The first-order valence-corrected chi connectivity index (χ1v) is 10.7. The zero-order chi connectivity index (χ0) is 21.3. The number of β-amino-alcohol motifs (C(OH)–C–C–N with tert-alkyl or cyclic N) is 2. The van der Waals surface area contributed by atoms with Crippen molar-refractivity contribution in [2.75, 3.05) is 26.2 Å². The smallest absolute Gasteiger partial charge is 0.110 e. The van der Waals surface area contributed by atoms with Crippen LogP contribution in [0.1, 0.15) is 24.8 Å². The average molecular weight is 416 g/mol. The number of hydrogen-bond donors (Lipinski definition) is 4. The lowest BCUT2D eigenvalue weighted by atomic mass is 10.0. The minimum absolute atomic E-state index is 0.255. The number of hydrogen-bond acceptors (Lipinski definition) is 6. The van der Waals surface area contributed by atoms with Crippen LogP contribution in [0.3, 0.4) is 0 Å². The number of benzene rings is 2. The molecular weight excluding hydrogens is 382 g/mol. The molecule has 0 unspecified atom stereocenters. The Morgan fingerprint density at radius 2 is 1.33 bits per heavy atom. The molecular formula is C24H33NO5. The standard InChI is InChI=1S/C24H33NO5/c26-21-15-25(16-22(27)24(29)23(21)28)13-5-2-6-14-30-17-18-9-11-20(12-10-18)19-7-3-1-4-8-19/h1,3-4,7-12,21-24,26-29H,2,5-6,13-17H2/t21-,22-,23+,24+/m0/s1. The third-order valence-corrected chi connectivity index (χ3v) is 5.62. The third kappa shape index (κ3) is 6.60. The van der Waals surface area contributed by atoms with Crippen molar-refractivity contribution < 1.29 is 25.2 Å². The Kier molecular flexibility index (Phi) is 8.81. The van der Waals surface area contributed by atoms with Crippen LogP contribution in [-0.4, -0.2) is 76.0 Å². The van der Waals surface area contributed by atoms with E-state index in [2.05, 4.69) is 36.4 Å². The number of rotatable bonds is 9. The first-order chi connectivity index (χ1) is 14.5. The first-order valence-electron chi connectivity index (χ1n) is 10.7. The predicted molar refractivity (Wildman–Crippen MR) is 116 cm³/mol. The van der Waals surface area contributed by atoms with E-state index in [4.69, 9.17) is 4.74 Å². The summed E-state index contributed by atoms with van der Waals surface area (Å²) in [7, 11) is 0. The minimum Gasteiger partial charge on any atom is -0.389 e. The van der Waals surface area contributed by atoms with Crippen molar-refractivity contribution >= 4 is 0 Å². The quantitative estimate of drug-likeness (QED) is 0.467. The zero-order valence-electron chi connectivity index (χ0n) is 17.3. The molecule has 0 amide bonds. The van der Waals surface area contributed by atoms with Crippen LogP contribution in [-0.2, 0) is 11.3 Å². The second kappa shape index (κ2) is 11.6. The van der Waals surface area contributed by atoms with Crippen molar-refractivity contribution in [1.82, 2.24) is 4.90 Å². The van der Waals surface area contributed by atoms with Gasteiger partial charge in [-0.3, -0.25) is 4.90 Å². The summed E-state index contributed by atoms with van der Waals surface area (Å²) >= 11 is 0. The maximum Gasteiger partial charge on any atom is 0.110 e. The maximum absolute atomic E-state index is 9.90. The molecule has 1 heterocycles. The van der Waals surface area contributed by atoms with Gasteiger partial charge in [-0.25, -0.2) is 0 Å². The molecule has 0 spiro atoms. The number of aliphatic hydroxyl groups is 4. The van der Waals surface area contributed by atoms with E-state index in [1.807, 2.05) is 23.1 Å². The number of unbranched alkanes of at least 4 members (excludes halogenated alkanes) is 2. The van der Waals surface area contributed by atoms with Gasteiger partial charge in [-0.2, -0.15) is 0 Å². The predicted octanol–water partition coefficient (Wildman–Crippen LogP) is 1.80. The highest BCUT2D eigenvalue weighted by Crippen LogP contribution is 2.19. The number of likely N-dealkylation sites (tertiary alicyclic amines) is 1. The fourth-order valence-electron chi connectivity index (χ4n) is 3.79. The average Bonchev–Trinajstić information content (AvgIpc) is 2.86.